The zero-order valence-electron chi connectivity index (χ0n) is 13.9. The van der Waals surface area contributed by atoms with Gasteiger partial charge in [-0.05, 0) is 51.4 Å². The van der Waals surface area contributed by atoms with E-state index in [1.54, 1.807) is 0 Å². The van der Waals surface area contributed by atoms with Crippen molar-refractivity contribution in [2.45, 2.75) is 84.3 Å². The Morgan fingerprint density at radius 3 is 2.21 bits per heavy atom. The van der Waals surface area contributed by atoms with Crippen molar-refractivity contribution in [1.29, 1.82) is 0 Å². The summed E-state index contributed by atoms with van der Waals surface area (Å²) in [5.74, 6) is 1.66. The Morgan fingerprint density at radius 2 is 1.79 bits per heavy atom. The molecule has 1 N–H and O–H groups in total. The Labute approximate surface area is 120 Å². The lowest BCUT2D eigenvalue weighted by Crippen LogP contribution is -2.69. The van der Waals surface area contributed by atoms with E-state index in [-0.39, 0.29) is 0 Å². The number of piperazine rings is 1. The van der Waals surface area contributed by atoms with Crippen molar-refractivity contribution >= 4 is 0 Å². The van der Waals surface area contributed by atoms with Crippen molar-refractivity contribution in [2.24, 2.45) is 11.8 Å². The molecule has 1 saturated heterocycles. The maximum Gasteiger partial charge on any atom is 0.0304 e. The molecular weight excluding hydrogens is 232 g/mol. The van der Waals surface area contributed by atoms with Crippen LogP contribution in [-0.2, 0) is 0 Å². The summed E-state index contributed by atoms with van der Waals surface area (Å²) in [5, 5.41) is 3.88. The van der Waals surface area contributed by atoms with Crippen LogP contribution in [0, 0.1) is 11.8 Å². The van der Waals surface area contributed by atoms with Gasteiger partial charge in [0.05, 0.1) is 0 Å². The second kappa shape index (κ2) is 5.37. The molecule has 0 aromatic carbocycles. The van der Waals surface area contributed by atoms with Crippen LogP contribution >= 0.6 is 0 Å². The normalized spacial score (nSPS) is 28.9. The van der Waals surface area contributed by atoms with E-state index in [1.165, 1.54) is 32.2 Å². The van der Waals surface area contributed by atoms with Crippen molar-refractivity contribution in [3.8, 4) is 0 Å². The SMILES string of the molecule is CCC1(CC)CN(C(C)(C)C2CC2)C(C(C)C)CN1. The fraction of sp³-hybridized carbons (Fsp3) is 1.00. The van der Waals surface area contributed by atoms with E-state index in [0.29, 0.717) is 17.1 Å². The van der Waals surface area contributed by atoms with E-state index in [4.69, 9.17) is 0 Å². The molecule has 0 radical (unpaired) electrons. The van der Waals surface area contributed by atoms with Gasteiger partial charge < -0.3 is 5.32 Å². The highest BCUT2D eigenvalue weighted by molar-refractivity contribution is 5.06. The molecule has 1 aliphatic heterocycles. The molecule has 1 unspecified atom stereocenters. The number of hydrogen-bond donors (Lipinski definition) is 1. The van der Waals surface area contributed by atoms with Gasteiger partial charge in [0.2, 0.25) is 0 Å². The Hall–Kier alpha value is -0.0800. The molecule has 0 aromatic heterocycles. The Morgan fingerprint density at radius 1 is 1.21 bits per heavy atom. The predicted molar refractivity (Wildman–Crippen MR) is 83.5 cm³/mol. The molecule has 0 amide bonds. The van der Waals surface area contributed by atoms with Crippen LogP contribution in [-0.4, -0.2) is 35.1 Å². The average molecular weight is 266 g/mol. The maximum atomic E-state index is 3.88. The topological polar surface area (TPSA) is 15.3 Å². The molecular formula is C17H34N2. The zero-order valence-corrected chi connectivity index (χ0v) is 13.9. The first-order valence-corrected chi connectivity index (χ1v) is 8.38. The largest absolute Gasteiger partial charge is 0.308 e. The molecule has 0 bridgehead atoms. The fourth-order valence-electron chi connectivity index (χ4n) is 3.91. The van der Waals surface area contributed by atoms with Crippen LogP contribution in [0.4, 0.5) is 0 Å². The molecule has 0 spiro atoms. The Balaban J connectivity index is 2.22. The van der Waals surface area contributed by atoms with Crippen LogP contribution in [0.15, 0.2) is 0 Å². The van der Waals surface area contributed by atoms with Crippen molar-refractivity contribution in [3.63, 3.8) is 0 Å². The van der Waals surface area contributed by atoms with Gasteiger partial charge >= 0.3 is 0 Å². The van der Waals surface area contributed by atoms with Gasteiger partial charge in [0.25, 0.3) is 0 Å². The predicted octanol–water partition coefficient (Wildman–Crippen LogP) is 3.66. The number of hydrogen-bond acceptors (Lipinski definition) is 2. The third-order valence-electron chi connectivity index (χ3n) is 6.00. The molecule has 2 aliphatic rings. The summed E-state index contributed by atoms with van der Waals surface area (Å²) in [6, 6.07) is 0.696. The molecule has 1 aliphatic carbocycles. The smallest absolute Gasteiger partial charge is 0.0304 e. The molecule has 2 heteroatoms. The third-order valence-corrected chi connectivity index (χ3v) is 6.00. The number of rotatable bonds is 5. The minimum atomic E-state index is 0.345. The second-order valence-electron chi connectivity index (χ2n) is 7.74. The van der Waals surface area contributed by atoms with Crippen LogP contribution in [0.5, 0.6) is 0 Å². The van der Waals surface area contributed by atoms with Crippen LogP contribution < -0.4 is 5.32 Å². The fourth-order valence-corrected chi connectivity index (χ4v) is 3.91. The highest BCUT2D eigenvalue weighted by Crippen LogP contribution is 2.45. The monoisotopic (exact) mass is 266 g/mol. The summed E-state index contributed by atoms with van der Waals surface area (Å²) in [7, 11) is 0. The summed E-state index contributed by atoms with van der Waals surface area (Å²) >= 11 is 0. The molecule has 19 heavy (non-hydrogen) atoms. The van der Waals surface area contributed by atoms with Gasteiger partial charge in [-0.3, -0.25) is 4.90 Å². The summed E-state index contributed by atoms with van der Waals surface area (Å²) in [6.07, 6.45) is 5.36. The number of nitrogens with one attached hydrogen (secondary N) is 1. The maximum absolute atomic E-state index is 3.88. The third kappa shape index (κ3) is 2.85. The first kappa shape index (κ1) is 15.3. The minimum Gasteiger partial charge on any atom is -0.308 e. The van der Waals surface area contributed by atoms with E-state index in [9.17, 15) is 0 Å². The van der Waals surface area contributed by atoms with Crippen LogP contribution in [0.3, 0.4) is 0 Å². The summed E-state index contributed by atoms with van der Waals surface area (Å²) in [6.45, 7) is 16.8. The molecule has 1 heterocycles. The van der Waals surface area contributed by atoms with Gasteiger partial charge in [-0.1, -0.05) is 27.7 Å². The van der Waals surface area contributed by atoms with Gasteiger partial charge in [0, 0.05) is 30.2 Å². The van der Waals surface area contributed by atoms with Crippen LogP contribution in [0.2, 0.25) is 0 Å². The minimum absolute atomic E-state index is 0.345. The van der Waals surface area contributed by atoms with E-state index in [1.807, 2.05) is 0 Å². The van der Waals surface area contributed by atoms with Gasteiger partial charge in [0.15, 0.2) is 0 Å². The van der Waals surface area contributed by atoms with Gasteiger partial charge in [-0.2, -0.15) is 0 Å². The van der Waals surface area contributed by atoms with E-state index < -0.39 is 0 Å². The van der Waals surface area contributed by atoms with Crippen molar-refractivity contribution in [3.05, 3.63) is 0 Å². The quantitative estimate of drug-likeness (QED) is 0.817. The zero-order chi connectivity index (χ0) is 14.3. The molecule has 2 nitrogen and oxygen atoms in total. The average Bonchev–Trinajstić information content (AvgIpc) is 3.22. The standard InChI is InChI=1S/C17H34N2/c1-7-17(8-2)12-19(15(11-18-17)13(3)4)16(5,6)14-9-10-14/h13-15,18H,7-12H2,1-6H3. The van der Waals surface area contributed by atoms with E-state index >= 15 is 0 Å². The lowest BCUT2D eigenvalue weighted by molar-refractivity contribution is -0.0304. The summed E-state index contributed by atoms with van der Waals surface area (Å²) in [4.78, 5) is 2.86. The first-order valence-electron chi connectivity index (χ1n) is 8.38. The van der Waals surface area contributed by atoms with E-state index in [0.717, 1.165) is 18.4 Å². The summed E-state index contributed by atoms with van der Waals surface area (Å²) < 4.78 is 0. The molecule has 0 aromatic rings. The Kier molecular flexibility index (Phi) is 4.32. The highest BCUT2D eigenvalue weighted by Gasteiger charge is 2.49. The Bertz CT molecular complexity index is 300. The first-order chi connectivity index (χ1) is 8.86. The van der Waals surface area contributed by atoms with Gasteiger partial charge in [-0.15, -0.1) is 0 Å². The lowest BCUT2D eigenvalue weighted by atomic mass is 9.81. The molecule has 2 fully saturated rings. The summed E-state index contributed by atoms with van der Waals surface area (Å²) in [5.41, 5.74) is 0.726. The van der Waals surface area contributed by atoms with Crippen molar-refractivity contribution < 1.29 is 0 Å². The number of nitrogens with zero attached hydrogens (tertiary/aromatic N) is 1. The van der Waals surface area contributed by atoms with E-state index in [2.05, 4.69) is 51.8 Å². The van der Waals surface area contributed by atoms with Crippen LogP contribution in [0.25, 0.3) is 0 Å². The van der Waals surface area contributed by atoms with Gasteiger partial charge in [-0.25, -0.2) is 0 Å². The van der Waals surface area contributed by atoms with Crippen molar-refractivity contribution in [2.75, 3.05) is 13.1 Å². The van der Waals surface area contributed by atoms with Crippen LogP contribution in [0.1, 0.15) is 67.2 Å². The highest BCUT2D eigenvalue weighted by atomic mass is 15.3. The molecule has 1 saturated carbocycles. The second-order valence-corrected chi connectivity index (χ2v) is 7.74. The van der Waals surface area contributed by atoms with Crippen molar-refractivity contribution in [1.82, 2.24) is 10.2 Å². The van der Waals surface area contributed by atoms with Gasteiger partial charge in [0.1, 0.15) is 0 Å². The molecule has 2 rings (SSSR count). The molecule has 1 atom stereocenters. The molecule has 112 valence electrons. The lowest BCUT2D eigenvalue weighted by Gasteiger charge is -2.55.